The summed E-state index contributed by atoms with van der Waals surface area (Å²) in [7, 11) is 1.90. The monoisotopic (exact) mass is 269 g/mol. The third-order valence-electron chi connectivity index (χ3n) is 2.45. The number of aliphatic hydroxyl groups is 1. The zero-order valence-corrected chi connectivity index (χ0v) is 11.1. The number of nitrogens with zero attached hydrogens (tertiary/aromatic N) is 3. The minimum atomic E-state index is -0.0175. The third-order valence-corrected chi connectivity index (χ3v) is 3.83. The summed E-state index contributed by atoms with van der Waals surface area (Å²) in [5.74, 6) is 0.847. The van der Waals surface area contributed by atoms with Gasteiger partial charge in [0.2, 0.25) is 0 Å². The van der Waals surface area contributed by atoms with Crippen LogP contribution < -0.4 is 0 Å². The van der Waals surface area contributed by atoms with Gasteiger partial charge in [-0.1, -0.05) is 17.7 Å². The molecule has 6 heteroatoms. The molecule has 4 nitrogen and oxygen atoms in total. The molecule has 0 saturated carbocycles. The van der Waals surface area contributed by atoms with Gasteiger partial charge in [0.15, 0.2) is 5.16 Å². The largest absolute Gasteiger partial charge is 0.392 e. The van der Waals surface area contributed by atoms with Crippen LogP contribution in [0.25, 0.3) is 0 Å². The number of aryl methyl sites for hydroxylation is 1. The first kappa shape index (κ1) is 12.4. The van der Waals surface area contributed by atoms with Crippen LogP contribution in [0.2, 0.25) is 5.02 Å². The van der Waals surface area contributed by atoms with E-state index in [-0.39, 0.29) is 6.61 Å². The lowest BCUT2D eigenvalue weighted by Gasteiger charge is -2.07. The van der Waals surface area contributed by atoms with E-state index in [1.807, 2.05) is 30.7 Å². The smallest absolute Gasteiger partial charge is 0.195 e. The summed E-state index contributed by atoms with van der Waals surface area (Å²) < 4.78 is 1.90. The Morgan fingerprint density at radius 1 is 1.41 bits per heavy atom. The summed E-state index contributed by atoms with van der Waals surface area (Å²) in [5.41, 5.74) is 0.833. The minimum Gasteiger partial charge on any atom is -0.392 e. The average molecular weight is 270 g/mol. The van der Waals surface area contributed by atoms with E-state index >= 15 is 0 Å². The molecule has 0 saturated heterocycles. The highest BCUT2D eigenvalue weighted by Gasteiger charge is 2.10. The van der Waals surface area contributed by atoms with E-state index in [2.05, 4.69) is 10.2 Å². The molecule has 2 aromatic rings. The van der Waals surface area contributed by atoms with Gasteiger partial charge >= 0.3 is 0 Å². The van der Waals surface area contributed by atoms with E-state index in [9.17, 15) is 5.11 Å². The molecule has 0 amide bonds. The normalized spacial score (nSPS) is 10.8. The van der Waals surface area contributed by atoms with Crippen molar-refractivity contribution in [2.75, 3.05) is 0 Å². The van der Waals surface area contributed by atoms with E-state index < -0.39 is 0 Å². The minimum absolute atomic E-state index is 0.0175. The number of benzene rings is 1. The van der Waals surface area contributed by atoms with Crippen molar-refractivity contribution in [2.45, 2.75) is 23.6 Å². The SMILES string of the molecule is Cc1nnc(Sc2cc(Cl)ccc2CO)n1C. The zero-order chi connectivity index (χ0) is 12.4. The summed E-state index contributed by atoms with van der Waals surface area (Å²) in [6.07, 6.45) is 0. The summed E-state index contributed by atoms with van der Waals surface area (Å²) in [6.45, 7) is 1.87. The molecule has 90 valence electrons. The summed E-state index contributed by atoms with van der Waals surface area (Å²) in [6, 6.07) is 5.40. The summed E-state index contributed by atoms with van der Waals surface area (Å²) >= 11 is 7.39. The van der Waals surface area contributed by atoms with Gasteiger partial charge in [-0.05, 0) is 36.4 Å². The molecule has 0 atom stereocenters. The summed E-state index contributed by atoms with van der Waals surface area (Å²) in [4.78, 5) is 0.899. The molecular formula is C11H12ClN3OS. The van der Waals surface area contributed by atoms with Crippen molar-refractivity contribution in [3.63, 3.8) is 0 Å². The molecule has 0 aliphatic rings. The van der Waals surface area contributed by atoms with Gasteiger partial charge in [0.1, 0.15) is 5.82 Å². The van der Waals surface area contributed by atoms with Gasteiger partial charge < -0.3 is 9.67 Å². The summed E-state index contributed by atoms with van der Waals surface area (Å²) in [5, 5.41) is 18.7. The van der Waals surface area contributed by atoms with Crippen LogP contribution >= 0.6 is 23.4 Å². The Hall–Kier alpha value is -1.04. The van der Waals surface area contributed by atoms with Crippen LogP contribution in [0.15, 0.2) is 28.3 Å². The number of aliphatic hydroxyl groups excluding tert-OH is 1. The number of aromatic nitrogens is 3. The van der Waals surface area contributed by atoms with Gasteiger partial charge in [0.05, 0.1) is 6.61 Å². The van der Waals surface area contributed by atoms with Gasteiger partial charge in [-0.25, -0.2) is 0 Å². The first-order valence-electron chi connectivity index (χ1n) is 5.05. The number of hydrogen-bond donors (Lipinski definition) is 1. The highest BCUT2D eigenvalue weighted by atomic mass is 35.5. The first-order chi connectivity index (χ1) is 8.11. The van der Waals surface area contributed by atoms with Crippen LogP contribution in [0.3, 0.4) is 0 Å². The lowest BCUT2D eigenvalue weighted by molar-refractivity contribution is 0.279. The van der Waals surface area contributed by atoms with Crippen LogP contribution in [0.4, 0.5) is 0 Å². The Bertz CT molecular complexity index is 542. The van der Waals surface area contributed by atoms with Crippen molar-refractivity contribution in [3.05, 3.63) is 34.6 Å². The molecule has 0 fully saturated rings. The Morgan fingerprint density at radius 3 is 2.76 bits per heavy atom. The molecule has 0 spiro atoms. The Balaban J connectivity index is 2.35. The Labute approximate surface area is 109 Å². The molecule has 0 radical (unpaired) electrons. The van der Waals surface area contributed by atoms with Crippen molar-refractivity contribution in [2.24, 2.45) is 7.05 Å². The lowest BCUT2D eigenvalue weighted by atomic mass is 10.2. The highest BCUT2D eigenvalue weighted by molar-refractivity contribution is 7.99. The van der Waals surface area contributed by atoms with Gasteiger partial charge in [0.25, 0.3) is 0 Å². The molecule has 0 bridgehead atoms. The van der Waals surface area contributed by atoms with Gasteiger partial charge in [-0.15, -0.1) is 10.2 Å². The zero-order valence-electron chi connectivity index (χ0n) is 9.51. The second-order valence-electron chi connectivity index (χ2n) is 3.60. The molecule has 1 N–H and O–H groups in total. The molecule has 0 aliphatic heterocycles. The maximum atomic E-state index is 9.26. The van der Waals surface area contributed by atoms with Crippen LogP contribution in [0.5, 0.6) is 0 Å². The first-order valence-corrected chi connectivity index (χ1v) is 6.24. The quantitative estimate of drug-likeness (QED) is 0.930. The van der Waals surface area contributed by atoms with Crippen molar-refractivity contribution in [3.8, 4) is 0 Å². The van der Waals surface area contributed by atoms with Crippen molar-refractivity contribution in [1.29, 1.82) is 0 Å². The van der Waals surface area contributed by atoms with E-state index in [4.69, 9.17) is 11.6 Å². The fourth-order valence-corrected chi connectivity index (χ4v) is 2.56. The van der Waals surface area contributed by atoms with Crippen LogP contribution in [-0.2, 0) is 13.7 Å². The van der Waals surface area contributed by atoms with Gasteiger partial charge in [-0.3, -0.25) is 0 Å². The Morgan fingerprint density at radius 2 is 2.18 bits per heavy atom. The van der Waals surface area contributed by atoms with Crippen molar-refractivity contribution in [1.82, 2.24) is 14.8 Å². The maximum Gasteiger partial charge on any atom is 0.195 e. The molecule has 17 heavy (non-hydrogen) atoms. The number of hydrogen-bond acceptors (Lipinski definition) is 4. The topological polar surface area (TPSA) is 50.9 Å². The predicted octanol–water partition coefficient (Wildman–Crippen LogP) is 2.42. The van der Waals surface area contributed by atoms with Crippen LogP contribution in [-0.4, -0.2) is 19.9 Å². The standard InChI is InChI=1S/C11H12ClN3OS/c1-7-13-14-11(15(7)2)17-10-5-9(12)4-3-8(10)6-16/h3-5,16H,6H2,1-2H3. The molecular weight excluding hydrogens is 258 g/mol. The van der Waals surface area contributed by atoms with Crippen molar-refractivity contribution < 1.29 is 5.11 Å². The van der Waals surface area contributed by atoms with E-state index in [1.54, 1.807) is 6.07 Å². The molecule has 1 aromatic carbocycles. The lowest BCUT2D eigenvalue weighted by Crippen LogP contribution is -1.94. The molecule has 0 aliphatic carbocycles. The van der Waals surface area contributed by atoms with Crippen molar-refractivity contribution >= 4 is 23.4 Å². The number of halogens is 1. The molecule has 1 heterocycles. The second-order valence-corrected chi connectivity index (χ2v) is 5.05. The van der Waals surface area contributed by atoms with Crippen LogP contribution in [0, 0.1) is 6.92 Å². The molecule has 1 aromatic heterocycles. The predicted molar refractivity (Wildman–Crippen MR) is 67.2 cm³/mol. The Kier molecular flexibility index (Phi) is 3.71. The third kappa shape index (κ3) is 2.62. The van der Waals surface area contributed by atoms with E-state index in [0.29, 0.717) is 5.02 Å². The van der Waals surface area contributed by atoms with E-state index in [1.165, 1.54) is 11.8 Å². The van der Waals surface area contributed by atoms with Gasteiger partial charge in [-0.2, -0.15) is 0 Å². The number of rotatable bonds is 3. The highest BCUT2D eigenvalue weighted by Crippen LogP contribution is 2.31. The second kappa shape index (κ2) is 5.08. The van der Waals surface area contributed by atoms with Crippen LogP contribution in [0.1, 0.15) is 11.4 Å². The fraction of sp³-hybridized carbons (Fsp3) is 0.273. The van der Waals surface area contributed by atoms with Gasteiger partial charge in [0, 0.05) is 17.0 Å². The molecule has 0 unspecified atom stereocenters. The molecule has 2 rings (SSSR count). The van der Waals surface area contributed by atoms with E-state index in [0.717, 1.165) is 21.4 Å². The fourth-order valence-electron chi connectivity index (χ4n) is 1.33. The average Bonchev–Trinajstić information content (AvgIpc) is 2.61. The maximum absolute atomic E-state index is 9.26.